The first-order chi connectivity index (χ1) is 27.8. The van der Waals surface area contributed by atoms with E-state index in [1.165, 1.54) is 21.8 Å². The van der Waals surface area contributed by atoms with Gasteiger partial charge < -0.3 is 9.13 Å². The first kappa shape index (κ1) is 31.9. The highest BCUT2D eigenvalue weighted by molar-refractivity contribution is 6.11. The van der Waals surface area contributed by atoms with Crippen molar-refractivity contribution in [3.63, 3.8) is 0 Å². The number of para-hydroxylation sites is 2. The van der Waals surface area contributed by atoms with Gasteiger partial charge in [-0.05, 0) is 95.1 Å². The summed E-state index contributed by atoms with van der Waals surface area (Å²) in [5.41, 5.74) is 16.5. The second-order valence-electron chi connectivity index (χ2n) is 14.3. The number of pyridine rings is 2. The molecule has 0 saturated carbocycles. The van der Waals surface area contributed by atoms with Gasteiger partial charge in [-0.1, -0.05) is 127 Å². The third-order valence-corrected chi connectivity index (χ3v) is 11.0. The maximum atomic E-state index is 5.10. The average molecular weight is 715 g/mol. The predicted molar refractivity (Wildman–Crippen MR) is 232 cm³/mol. The lowest BCUT2D eigenvalue weighted by atomic mass is 9.99. The fourth-order valence-electron chi connectivity index (χ4n) is 8.31. The van der Waals surface area contributed by atoms with Gasteiger partial charge in [0.15, 0.2) is 0 Å². The Morgan fingerprint density at radius 1 is 0.304 bits per heavy atom. The first-order valence-corrected chi connectivity index (χ1v) is 19.0. The van der Waals surface area contributed by atoms with E-state index in [1.54, 1.807) is 0 Å². The molecule has 4 heterocycles. The number of aromatic nitrogens is 4. The number of rotatable bonds is 6. The molecule has 0 atom stereocenters. The maximum Gasteiger partial charge on any atom is 0.0963 e. The van der Waals surface area contributed by atoms with E-state index >= 15 is 0 Å². The molecule has 0 spiro atoms. The molecular formula is C52H34N4. The molecule has 262 valence electrons. The molecule has 11 rings (SSSR count). The van der Waals surface area contributed by atoms with Gasteiger partial charge in [-0.15, -0.1) is 0 Å². The molecule has 4 nitrogen and oxygen atoms in total. The SMILES string of the molecule is c1ccc(-c2cc(-c3ccc(-n4c5ccccc5c5ccc(-c6ccc7c(c6)c6ncccc6n7-c6ccccc6)cc54)cc3)cc(-c3ccccc3)n2)cc1. The number of benzene rings is 7. The normalized spacial score (nSPS) is 11.6. The highest BCUT2D eigenvalue weighted by Crippen LogP contribution is 2.38. The molecule has 56 heavy (non-hydrogen) atoms. The lowest BCUT2D eigenvalue weighted by Crippen LogP contribution is -1.95. The zero-order valence-electron chi connectivity index (χ0n) is 30.4. The summed E-state index contributed by atoms with van der Waals surface area (Å²) < 4.78 is 4.71. The van der Waals surface area contributed by atoms with Gasteiger partial charge in [0.1, 0.15) is 0 Å². The van der Waals surface area contributed by atoms with Crippen molar-refractivity contribution in [2.45, 2.75) is 0 Å². The van der Waals surface area contributed by atoms with E-state index in [1.807, 2.05) is 24.4 Å². The topological polar surface area (TPSA) is 35.6 Å². The molecule has 0 N–H and O–H groups in total. The molecule has 0 amide bonds. The Morgan fingerprint density at radius 3 is 1.57 bits per heavy atom. The van der Waals surface area contributed by atoms with Crippen molar-refractivity contribution in [1.82, 2.24) is 19.1 Å². The molecule has 0 unspecified atom stereocenters. The summed E-state index contributed by atoms with van der Waals surface area (Å²) in [5.74, 6) is 0. The molecule has 0 aliphatic heterocycles. The minimum atomic E-state index is 0.958. The maximum absolute atomic E-state index is 5.10. The lowest BCUT2D eigenvalue weighted by Gasteiger charge is -2.12. The minimum absolute atomic E-state index is 0.958. The molecule has 7 aromatic carbocycles. The van der Waals surface area contributed by atoms with E-state index in [4.69, 9.17) is 9.97 Å². The van der Waals surface area contributed by atoms with Crippen LogP contribution in [0.5, 0.6) is 0 Å². The van der Waals surface area contributed by atoms with Crippen LogP contribution in [0.4, 0.5) is 0 Å². The zero-order chi connectivity index (χ0) is 37.0. The smallest absolute Gasteiger partial charge is 0.0963 e. The van der Waals surface area contributed by atoms with E-state index in [0.29, 0.717) is 0 Å². The Hall–Kier alpha value is -7.56. The summed E-state index contributed by atoms with van der Waals surface area (Å²) in [7, 11) is 0. The predicted octanol–water partition coefficient (Wildman–Crippen LogP) is 13.3. The standard InChI is InChI=1S/C52H34N4/c1-4-13-36(14-5-1)46-32-40(33-47(54-46)37-15-6-2-7-16-37)35-22-26-42(27-23-35)56-48-20-11-10-19-43(48)44-28-24-39(34-51(44)56)38-25-29-49-45(31-38)52-50(21-12-30-53-52)55(49)41-17-8-3-9-18-41/h1-34H. The van der Waals surface area contributed by atoms with Gasteiger partial charge in [-0.2, -0.15) is 0 Å². The summed E-state index contributed by atoms with van der Waals surface area (Å²) in [6.45, 7) is 0. The van der Waals surface area contributed by atoms with Crippen LogP contribution in [-0.4, -0.2) is 19.1 Å². The lowest BCUT2D eigenvalue weighted by molar-refractivity contribution is 1.17. The summed E-state index contributed by atoms with van der Waals surface area (Å²) in [6.07, 6.45) is 1.89. The van der Waals surface area contributed by atoms with Crippen LogP contribution in [0.2, 0.25) is 0 Å². The van der Waals surface area contributed by atoms with Gasteiger partial charge in [0.05, 0.1) is 39.0 Å². The van der Waals surface area contributed by atoms with Crippen molar-refractivity contribution < 1.29 is 0 Å². The van der Waals surface area contributed by atoms with Crippen LogP contribution in [0.1, 0.15) is 0 Å². The number of nitrogens with zero attached hydrogens (tertiary/aromatic N) is 4. The first-order valence-electron chi connectivity index (χ1n) is 19.0. The van der Waals surface area contributed by atoms with Crippen LogP contribution < -0.4 is 0 Å². The van der Waals surface area contributed by atoms with Crippen molar-refractivity contribution in [2.24, 2.45) is 0 Å². The van der Waals surface area contributed by atoms with Crippen LogP contribution in [-0.2, 0) is 0 Å². The van der Waals surface area contributed by atoms with Crippen LogP contribution >= 0.6 is 0 Å². The number of hydrogen-bond donors (Lipinski definition) is 0. The van der Waals surface area contributed by atoms with E-state index in [0.717, 1.165) is 78.1 Å². The number of fused-ring (bicyclic) bond motifs is 6. The van der Waals surface area contributed by atoms with Gasteiger partial charge >= 0.3 is 0 Å². The Balaban J connectivity index is 1.03. The van der Waals surface area contributed by atoms with Gasteiger partial charge in [0.25, 0.3) is 0 Å². The number of hydrogen-bond acceptors (Lipinski definition) is 2. The molecule has 4 heteroatoms. The third kappa shape index (κ3) is 5.31. The average Bonchev–Trinajstić information content (AvgIpc) is 3.79. The molecule has 0 aliphatic rings. The summed E-state index contributed by atoms with van der Waals surface area (Å²) in [5, 5.41) is 3.60. The molecule has 11 aromatic rings. The second-order valence-corrected chi connectivity index (χ2v) is 14.3. The van der Waals surface area contributed by atoms with Gasteiger partial charge in [0.2, 0.25) is 0 Å². The Bertz CT molecular complexity index is 3160. The van der Waals surface area contributed by atoms with Crippen molar-refractivity contribution in [3.05, 3.63) is 206 Å². The van der Waals surface area contributed by atoms with E-state index in [-0.39, 0.29) is 0 Å². The minimum Gasteiger partial charge on any atom is -0.309 e. The quantitative estimate of drug-likeness (QED) is 0.172. The van der Waals surface area contributed by atoms with Gasteiger partial charge in [0, 0.05) is 44.9 Å². The summed E-state index contributed by atoms with van der Waals surface area (Å²) >= 11 is 0. The van der Waals surface area contributed by atoms with Crippen LogP contribution in [0.3, 0.4) is 0 Å². The van der Waals surface area contributed by atoms with Crippen LogP contribution in [0.15, 0.2) is 206 Å². The van der Waals surface area contributed by atoms with Crippen molar-refractivity contribution in [3.8, 4) is 56.1 Å². The largest absolute Gasteiger partial charge is 0.309 e. The van der Waals surface area contributed by atoms with Crippen LogP contribution in [0.25, 0.3) is 99.9 Å². The fraction of sp³-hybridized carbons (Fsp3) is 0. The molecule has 0 fully saturated rings. The molecular weight excluding hydrogens is 681 g/mol. The van der Waals surface area contributed by atoms with Crippen molar-refractivity contribution in [1.29, 1.82) is 0 Å². The Labute approximate surface area is 324 Å². The van der Waals surface area contributed by atoms with E-state index in [9.17, 15) is 0 Å². The summed E-state index contributed by atoms with van der Waals surface area (Å²) in [4.78, 5) is 9.96. The Kier molecular flexibility index (Phi) is 7.46. The molecule has 4 aromatic heterocycles. The molecule has 0 aliphatic carbocycles. The Morgan fingerprint density at radius 2 is 0.839 bits per heavy atom. The second kappa shape index (κ2) is 13.1. The molecule has 0 saturated heterocycles. The van der Waals surface area contributed by atoms with E-state index in [2.05, 4.69) is 191 Å². The van der Waals surface area contributed by atoms with Crippen molar-refractivity contribution in [2.75, 3.05) is 0 Å². The summed E-state index contributed by atoms with van der Waals surface area (Å²) in [6, 6.07) is 71.3. The third-order valence-electron chi connectivity index (χ3n) is 11.0. The monoisotopic (exact) mass is 714 g/mol. The van der Waals surface area contributed by atoms with Gasteiger partial charge in [-0.3, -0.25) is 4.98 Å². The molecule has 0 bridgehead atoms. The van der Waals surface area contributed by atoms with E-state index < -0.39 is 0 Å². The highest BCUT2D eigenvalue weighted by Gasteiger charge is 2.17. The fourth-order valence-corrected chi connectivity index (χ4v) is 8.31. The zero-order valence-corrected chi connectivity index (χ0v) is 30.4. The molecule has 0 radical (unpaired) electrons. The van der Waals surface area contributed by atoms with Crippen LogP contribution in [0, 0.1) is 0 Å². The highest BCUT2D eigenvalue weighted by atomic mass is 15.0. The van der Waals surface area contributed by atoms with Crippen molar-refractivity contribution >= 4 is 43.7 Å². The van der Waals surface area contributed by atoms with Gasteiger partial charge in [-0.25, -0.2) is 4.98 Å².